The number of nitrogens with one attached hydrogen (secondary N) is 2. The maximum Gasteiger partial charge on any atom is 0.191 e. The van der Waals surface area contributed by atoms with Crippen LogP contribution < -0.4 is 10.6 Å². The molecule has 1 atom stereocenters. The highest BCUT2D eigenvalue weighted by molar-refractivity contribution is 5.79. The van der Waals surface area contributed by atoms with Crippen molar-refractivity contribution in [2.75, 3.05) is 32.7 Å². The maximum atomic E-state index is 4.62. The predicted octanol–water partition coefficient (Wildman–Crippen LogP) is 1.99. The minimum Gasteiger partial charge on any atom is -0.357 e. The summed E-state index contributed by atoms with van der Waals surface area (Å²) >= 11 is 0. The third-order valence-corrected chi connectivity index (χ3v) is 3.64. The number of hydrogen-bond acceptors (Lipinski definition) is 2. The lowest BCUT2D eigenvalue weighted by atomic mass is 10.0. The van der Waals surface area contributed by atoms with Crippen molar-refractivity contribution >= 4 is 5.96 Å². The van der Waals surface area contributed by atoms with Crippen LogP contribution in [0.4, 0.5) is 0 Å². The molecule has 0 radical (unpaired) electrons. The molecular formula is C15H30N4. The lowest BCUT2D eigenvalue weighted by Gasteiger charge is -2.34. The van der Waals surface area contributed by atoms with Gasteiger partial charge in [0, 0.05) is 25.7 Å². The van der Waals surface area contributed by atoms with Gasteiger partial charge in [0.1, 0.15) is 0 Å². The van der Waals surface area contributed by atoms with Crippen molar-refractivity contribution in [3.8, 4) is 0 Å². The summed E-state index contributed by atoms with van der Waals surface area (Å²) in [5, 5.41) is 6.49. The Hall–Kier alpha value is -1.03. The molecule has 1 rings (SSSR count). The minimum atomic E-state index is 0.757. The summed E-state index contributed by atoms with van der Waals surface area (Å²) in [4.78, 5) is 7.22. The lowest BCUT2D eigenvalue weighted by Crippen LogP contribution is -2.41. The van der Waals surface area contributed by atoms with Crippen LogP contribution in [0.3, 0.4) is 0 Å². The number of hydrogen-bond donors (Lipinski definition) is 2. The molecule has 110 valence electrons. The topological polar surface area (TPSA) is 39.7 Å². The van der Waals surface area contributed by atoms with Crippen LogP contribution in [0, 0.1) is 0 Å². The van der Waals surface area contributed by atoms with Crippen LogP contribution in [-0.4, -0.2) is 49.6 Å². The lowest BCUT2D eigenvalue weighted by molar-refractivity contribution is 0.148. The Balaban J connectivity index is 2.37. The summed E-state index contributed by atoms with van der Waals surface area (Å²) in [6.07, 6.45) is 7.20. The van der Waals surface area contributed by atoms with Crippen molar-refractivity contribution < 1.29 is 0 Å². The van der Waals surface area contributed by atoms with Gasteiger partial charge in [-0.05, 0) is 32.7 Å². The van der Waals surface area contributed by atoms with Gasteiger partial charge in [0.25, 0.3) is 0 Å². The Kier molecular flexibility index (Phi) is 8.30. The molecule has 0 saturated carbocycles. The minimum absolute atomic E-state index is 0.757. The van der Waals surface area contributed by atoms with Gasteiger partial charge in [-0.3, -0.25) is 9.89 Å². The van der Waals surface area contributed by atoms with E-state index in [-0.39, 0.29) is 0 Å². The summed E-state index contributed by atoms with van der Waals surface area (Å²) in [7, 11) is 0. The van der Waals surface area contributed by atoms with E-state index >= 15 is 0 Å². The van der Waals surface area contributed by atoms with Crippen LogP contribution in [-0.2, 0) is 0 Å². The molecule has 0 spiro atoms. The van der Waals surface area contributed by atoms with Gasteiger partial charge in [0.05, 0.1) is 6.54 Å². The van der Waals surface area contributed by atoms with Crippen LogP contribution in [0.2, 0.25) is 0 Å². The van der Waals surface area contributed by atoms with E-state index in [0.29, 0.717) is 0 Å². The Morgan fingerprint density at radius 1 is 1.37 bits per heavy atom. The highest BCUT2D eigenvalue weighted by Crippen LogP contribution is 2.18. The van der Waals surface area contributed by atoms with Gasteiger partial charge >= 0.3 is 0 Å². The molecule has 2 N–H and O–H groups in total. The first-order valence-electron chi connectivity index (χ1n) is 7.68. The summed E-state index contributed by atoms with van der Waals surface area (Å²) in [5.41, 5.74) is 0. The molecule has 1 aliphatic heterocycles. The number of aliphatic imine (C=N–C) groups is 1. The van der Waals surface area contributed by atoms with Crippen LogP contribution >= 0.6 is 0 Å². The van der Waals surface area contributed by atoms with E-state index < -0.39 is 0 Å². The van der Waals surface area contributed by atoms with E-state index in [0.717, 1.165) is 38.2 Å². The zero-order chi connectivity index (χ0) is 13.9. The molecule has 0 amide bonds. The fourth-order valence-electron chi connectivity index (χ4n) is 2.62. The summed E-state index contributed by atoms with van der Waals surface area (Å²) < 4.78 is 0. The molecule has 0 aromatic carbocycles. The number of nitrogens with zero attached hydrogens (tertiary/aromatic N) is 2. The number of piperidine rings is 1. The van der Waals surface area contributed by atoms with Crippen LogP contribution in [0.15, 0.2) is 17.6 Å². The number of guanidine groups is 1. The van der Waals surface area contributed by atoms with Gasteiger partial charge in [0.2, 0.25) is 0 Å². The Morgan fingerprint density at radius 3 is 2.89 bits per heavy atom. The molecule has 1 fully saturated rings. The molecule has 0 aromatic rings. The quantitative estimate of drug-likeness (QED) is 0.420. The molecule has 0 bridgehead atoms. The van der Waals surface area contributed by atoms with E-state index in [2.05, 4.69) is 41.0 Å². The second kappa shape index (κ2) is 9.84. The highest BCUT2D eigenvalue weighted by atomic mass is 15.2. The molecule has 4 nitrogen and oxygen atoms in total. The second-order valence-electron chi connectivity index (χ2n) is 5.02. The molecule has 1 aliphatic rings. The highest BCUT2D eigenvalue weighted by Gasteiger charge is 2.19. The average Bonchev–Trinajstić information content (AvgIpc) is 2.45. The Labute approximate surface area is 118 Å². The van der Waals surface area contributed by atoms with Gasteiger partial charge in [-0.15, -0.1) is 6.58 Å². The fourth-order valence-corrected chi connectivity index (χ4v) is 2.62. The summed E-state index contributed by atoms with van der Waals surface area (Å²) in [5.74, 6) is 0.896. The standard InChI is InChI=1S/C15H30N4/c1-4-10-17-15(16-6-3)18-11-13-19-12-8-7-9-14(19)5-2/h4,14H,1,5-13H2,2-3H3,(H2,16,17,18). The first kappa shape index (κ1) is 16.0. The van der Waals surface area contributed by atoms with Gasteiger partial charge < -0.3 is 10.6 Å². The van der Waals surface area contributed by atoms with Crippen LogP contribution in [0.1, 0.15) is 39.5 Å². The van der Waals surface area contributed by atoms with Gasteiger partial charge in [-0.2, -0.15) is 0 Å². The number of likely N-dealkylation sites (tertiary alicyclic amines) is 1. The summed E-state index contributed by atoms with van der Waals surface area (Å²) in [6.45, 7) is 12.9. The molecular weight excluding hydrogens is 236 g/mol. The second-order valence-corrected chi connectivity index (χ2v) is 5.02. The van der Waals surface area contributed by atoms with E-state index in [1.807, 2.05) is 6.08 Å². The summed E-state index contributed by atoms with van der Waals surface area (Å²) in [6, 6.07) is 0.771. The van der Waals surface area contributed by atoms with Gasteiger partial charge in [0.15, 0.2) is 5.96 Å². The molecule has 0 aromatic heterocycles. The molecule has 0 aliphatic carbocycles. The van der Waals surface area contributed by atoms with E-state index in [4.69, 9.17) is 0 Å². The monoisotopic (exact) mass is 266 g/mol. The first-order valence-corrected chi connectivity index (χ1v) is 7.68. The van der Waals surface area contributed by atoms with Crippen molar-refractivity contribution in [2.45, 2.75) is 45.6 Å². The zero-order valence-corrected chi connectivity index (χ0v) is 12.6. The van der Waals surface area contributed by atoms with Crippen molar-refractivity contribution in [1.29, 1.82) is 0 Å². The molecule has 1 saturated heterocycles. The largest absolute Gasteiger partial charge is 0.357 e. The van der Waals surface area contributed by atoms with Gasteiger partial charge in [-0.25, -0.2) is 0 Å². The van der Waals surface area contributed by atoms with E-state index in [1.54, 1.807) is 0 Å². The smallest absolute Gasteiger partial charge is 0.191 e. The maximum absolute atomic E-state index is 4.62. The normalized spacial score (nSPS) is 21.2. The number of rotatable bonds is 7. The Bertz CT molecular complexity index is 275. The molecule has 1 unspecified atom stereocenters. The average molecular weight is 266 g/mol. The predicted molar refractivity (Wildman–Crippen MR) is 83.7 cm³/mol. The van der Waals surface area contributed by atoms with Crippen molar-refractivity contribution in [2.24, 2.45) is 4.99 Å². The molecule has 1 heterocycles. The van der Waals surface area contributed by atoms with Crippen LogP contribution in [0.5, 0.6) is 0 Å². The molecule has 4 heteroatoms. The van der Waals surface area contributed by atoms with Gasteiger partial charge in [-0.1, -0.05) is 19.4 Å². The third-order valence-electron chi connectivity index (χ3n) is 3.64. The van der Waals surface area contributed by atoms with Crippen molar-refractivity contribution in [3.05, 3.63) is 12.7 Å². The SMILES string of the molecule is C=CCNC(=NCCN1CCCCC1CC)NCC. The van der Waals surface area contributed by atoms with E-state index in [9.17, 15) is 0 Å². The van der Waals surface area contributed by atoms with Crippen molar-refractivity contribution in [3.63, 3.8) is 0 Å². The van der Waals surface area contributed by atoms with Crippen LogP contribution in [0.25, 0.3) is 0 Å². The first-order chi connectivity index (χ1) is 9.31. The molecule has 19 heavy (non-hydrogen) atoms. The van der Waals surface area contributed by atoms with E-state index in [1.165, 1.54) is 32.2 Å². The third kappa shape index (κ3) is 6.10. The fraction of sp³-hybridized carbons (Fsp3) is 0.800. The zero-order valence-electron chi connectivity index (χ0n) is 12.6. The van der Waals surface area contributed by atoms with Crippen molar-refractivity contribution in [1.82, 2.24) is 15.5 Å². The Morgan fingerprint density at radius 2 is 2.21 bits per heavy atom.